The summed E-state index contributed by atoms with van der Waals surface area (Å²) >= 11 is 4.87. The lowest BCUT2D eigenvalue weighted by molar-refractivity contribution is 0.0478. The van der Waals surface area contributed by atoms with Crippen LogP contribution in [-0.4, -0.2) is 5.97 Å². The molecule has 0 bridgehead atoms. The predicted octanol–water partition coefficient (Wildman–Crippen LogP) is 3.03. The summed E-state index contributed by atoms with van der Waals surface area (Å²) in [7, 11) is 0. The number of ether oxygens (including phenoxy) is 1. The van der Waals surface area contributed by atoms with Gasteiger partial charge in [-0.05, 0) is 46.3 Å². The van der Waals surface area contributed by atoms with Crippen molar-refractivity contribution in [1.29, 1.82) is 0 Å². The van der Waals surface area contributed by atoms with E-state index in [-0.39, 0.29) is 6.61 Å². The van der Waals surface area contributed by atoms with Crippen LogP contribution in [0.2, 0.25) is 0 Å². The van der Waals surface area contributed by atoms with Crippen molar-refractivity contribution in [1.82, 2.24) is 0 Å². The molecule has 0 aliphatic heterocycles. The second kappa shape index (κ2) is 5.41. The first-order valence-electron chi connectivity index (χ1n) is 5.12. The highest BCUT2D eigenvalue weighted by molar-refractivity contribution is 9.11. The quantitative estimate of drug-likeness (QED) is 0.671. The van der Waals surface area contributed by atoms with Crippen LogP contribution in [0.4, 0.5) is 11.4 Å². The van der Waals surface area contributed by atoms with Gasteiger partial charge in [0.1, 0.15) is 6.61 Å². The number of hydrogen-bond acceptors (Lipinski definition) is 5. The van der Waals surface area contributed by atoms with Gasteiger partial charge in [0.25, 0.3) is 0 Å². The lowest BCUT2D eigenvalue weighted by atomic mass is 10.1. The smallest absolute Gasteiger partial charge is 0.340 e. The third kappa shape index (κ3) is 3.02. The number of carbonyl (C=O) groups is 1. The van der Waals surface area contributed by atoms with Gasteiger partial charge < -0.3 is 16.2 Å². The van der Waals surface area contributed by atoms with Crippen LogP contribution in [0.5, 0.6) is 0 Å². The molecule has 0 aliphatic rings. The molecular formula is C12H11BrN2O2S. The van der Waals surface area contributed by atoms with Crippen molar-refractivity contribution in [3.05, 3.63) is 44.6 Å². The van der Waals surface area contributed by atoms with Gasteiger partial charge in [-0.2, -0.15) is 0 Å². The summed E-state index contributed by atoms with van der Waals surface area (Å²) in [4.78, 5) is 12.8. The molecule has 0 unspecified atom stereocenters. The molecule has 0 radical (unpaired) electrons. The second-order valence-electron chi connectivity index (χ2n) is 3.63. The summed E-state index contributed by atoms with van der Waals surface area (Å²) in [6.07, 6.45) is 0. The average molecular weight is 327 g/mol. The number of anilines is 2. The zero-order chi connectivity index (χ0) is 13.1. The van der Waals surface area contributed by atoms with Gasteiger partial charge >= 0.3 is 5.97 Å². The number of nitrogens with two attached hydrogens (primary N) is 2. The number of halogens is 1. The van der Waals surface area contributed by atoms with E-state index in [4.69, 9.17) is 16.2 Å². The zero-order valence-corrected chi connectivity index (χ0v) is 11.8. The average Bonchev–Trinajstić information content (AvgIpc) is 2.72. The van der Waals surface area contributed by atoms with Crippen LogP contribution in [0, 0.1) is 0 Å². The van der Waals surface area contributed by atoms with Gasteiger partial charge in [0.15, 0.2) is 0 Å². The number of esters is 1. The van der Waals surface area contributed by atoms with Gasteiger partial charge in [0.2, 0.25) is 0 Å². The van der Waals surface area contributed by atoms with Crippen LogP contribution in [0.25, 0.3) is 0 Å². The van der Waals surface area contributed by atoms with Gasteiger partial charge in [-0.1, -0.05) is 0 Å². The van der Waals surface area contributed by atoms with Crippen LogP contribution in [-0.2, 0) is 11.3 Å². The summed E-state index contributed by atoms with van der Waals surface area (Å²) < 4.78 is 6.18. The van der Waals surface area contributed by atoms with E-state index in [2.05, 4.69) is 15.9 Å². The topological polar surface area (TPSA) is 78.3 Å². The van der Waals surface area contributed by atoms with Crippen LogP contribution in [0.1, 0.15) is 15.2 Å². The van der Waals surface area contributed by atoms with Crippen molar-refractivity contribution in [3.8, 4) is 0 Å². The lowest BCUT2D eigenvalue weighted by Crippen LogP contribution is -2.08. The molecule has 0 fully saturated rings. The summed E-state index contributed by atoms with van der Waals surface area (Å²) in [6.45, 7) is 0.235. The predicted molar refractivity (Wildman–Crippen MR) is 76.4 cm³/mol. The Bertz CT molecular complexity index is 583. The number of hydrogen-bond donors (Lipinski definition) is 2. The molecule has 1 heterocycles. The van der Waals surface area contributed by atoms with E-state index >= 15 is 0 Å². The zero-order valence-electron chi connectivity index (χ0n) is 9.35. The SMILES string of the molecule is Nc1ccc(C(=O)OCc2ccc(Br)s2)c(N)c1. The summed E-state index contributed by atoms with van der Waals surface area (Å²) in [6, 6.07) is 8.53. The Kier molecular flexibility index (Phi) is 3.88. The molecule has 1 aromatic carbocycles. The highest BCUT2D eigenvalue weighted by Gasteiger charge is 2.11. The number of nitrogen functional groups attached to an aromatic ring is 2. The third-order valence-corrected chi connectivity index (χ3v) is 3.87. The first-order valence-corrected chi connectivity index (χ1v) is 6.73. The molecule has 0 atom stereocenters. The minimum absolute atomic E-state index is 0.235. The van der Waals surface area contributed by atoms with E-state index in [0.717, 1.165) is 8.66 Å². The maximum absolute atomic E-state index is 11.8. The molecule has 0 aliphatic carbocycles. The highest BCUT2D eigenvalue weighted by atomic mass is 79.9. The Labute approximate surface area is 117 Å². The van der Waals surface area contributed by atoms with Gasteiger partial charge in [0.05, 0.1) is 9.35 Å². The molecule has 1 aromatic heterocycles. The van der Waals surface area contributed by atoms with Crippen molar-refractivity contribution in [2.45, 2.75) is 6.61 Å². The van der Waals surface area contributed by atoms with Crippen LogP contribution < -0.4 is 11.5 Å². The first kappa shape index (κ1) is 12.9. The molecule has 0 saturated heterocycles. The highest BCUT2D eigenvalue weighted by Crippen LogP contribution is 2.23. The van der Waals surface area contributed by atoms with Crippen LogP contribution in [0.15, 0.2) is 34.1 Å². The van der Waals surface area contributed by atoms with Crippen molar-refractivity contribution in [2.24, 2.45) is 0 Å². The minimum atomic E-state index is -0.447. The maximum Gasteiger partial charge on any atom is 0.340 e. The molecule has 4 nitrogen and oxygen atoms in total. The molecule has 2 rings (SSSR count). The molecule has 4 N–H and O–H groups in total. The van der Waals surface area contributed by atoms with Crippen molar-refractivity contribution in [3.63, 3.8) is 0 Å². The van der Waals surface area contributed by atoms with Crippen molar-refractivity contribution >= 4 is 44.6 Å². The fraction of sp³-hybridized carbons (Fsp3) is 0.0833. The first-order chi connectivity index (χ1) is 8.56. The van der Waals surface area contributed by atoms with Crippen molar-refractivity contribution < 1.29 is 9.53 Å². The lowest BCUT2D eigenvalue weighted by Gasteiger charge is -2.06. The van der Waals surface area contributed by atoms with E-state index in [9.17, 15) is 4.79 Å². The van der Waals surface area contributed by atoms with Gasteiger partial charge in [-0.25, -0.2) is 4.79 Å². The Morgan fingerprint density at radius 3 is 2.67 bits per heavy atom. The van der Waals surface area contributed by atoms with Gasteiger partial charge in [0, 0.05) is 16.3 Å². The van der Waals surface area contributed by atoms with Gasteiger partial charge in [-0.3, -0.25) is 0 Å². The molecular weight excluding hydrogens is 316 g/mol. The van der Waals surface area contributed by atoms with E-state index in [1.807, 2.05) is 12.1 Å². The van der Waals surface area contributed by atoms with E-state index < -0.39 is 5.97 Å². The third-order valence-electron chi connectivity index (χ3n) is 2.27. The Morgan fingerprint density at radius 2 is 2.06 bits per heavy atom. The monoisotopic (exact) mass is 326 g/mol. The number of benzene rings is 1. The minimum Gasteiger partial charge on any atom is -0.456 e. The van der Waals surface area contributed by atoms with E-state index in [0.29, 0.717) is 16.9 Å². The molecule has 0 saturated carbocycles. The molecule has 6 heteroatoms. The largest absolute Gasteiger partial charge is 0.456 e. The fourth-order valence-electron chi connectivity index (χ4n) is 1.41. The standard InChI is InChI=1S/C12H11BrN2O2S/c13-11-4-2-8(18-11)6-17-12(16)9-3-1-7(14)5-10(9)15/h1-5H,6,14-15H2. The maximum atomic E-state index is 11.8. The normalized spacial score (nSPS) is 10.3. The summed E-state index contributed by atoms with van der Waals surface area (Å²) in [5.41, 5.74) is 12.4. The summed E-state index contributed by atoms with van der Waals surface area (Å²) in [5, 5.41) is 0. The fourth-order valence-corrected chi connectivity index (χ4v) is 2.81. The molecule has 0 spiro atoms. The van der Waals surface area contributed by atoms with Crippen molar-refractivity contribution in [2.75, 3.05) is 11.5 Å². The molecule has 18 heavy (non-hydrogen) atoms. The molecule has 94 valence electrons. The number of rotatable bonds is 3. The van der Waals surface area contributed by atoms with E-state index in [1.165, 1.54) is 11.3 Å². The Balaban J connectivity index is 2.03. The Hall–Kier alpha value is -1.53. The molecule has 0 amide bonds. The number of carbonyl (C=O) groups excluding carboxylic acids is 1. The second-order valence-corrected chi connectivity index (χ2v) is 6.18. The Morgan fingerprint density at radius 1 is 1.28 bits per heavy atom. The molecule has 2 aromatic rings. The van der Waals surface area contributed by atoms with Gasteiger partial charge in [-0.15, -0.1) is 11.3 Å². The van der Waals surface area contributed by atoms with E-state index in [1.54, 1.807) is 18.2 Å². The van der Waals surface area contributed by atoms with Crippen LogP contribution >= 0.6 is 27.3 Å². The van der Waals surface area contributed by atoms with Crippen LogP contribution in [0.3, 0.4) is 0 Å². The number of thiophene rings is 1. The summed E-state index contributed by atoms with van der Waals surface area (Å²) in [5.74, 6) is -0.447.